The van der Waals surface area contributed by atoms with Crippen molar-refractivity contribution in [2.75, 3.05) is 14.2 Å². The van der Waals surface area contributed by atoms with Gasteiger partial charge in [0, 0.05) is 12.5 Å². The number of aryl methyl sites for hydroxylation is 1. The second kappa shape index (κ2) is 7.01. The topological polar surface area (TPSA) is 61.6 Å². The number of carbonyl (C=O) groups excluding carboxylic acids is 1. The van der Waals surface area contributed by atoms with Gasteiger partial charge in [-0.15, -0.1) is 0 Å². The van der Waals surface area contributed by atoms with Crippen molar-refractivity contribution in [2.24, 2.45) is 5.73 Å². The van der Waals surface area contributed by atoms with E-state index in [2.05, 4.69) is 11.7 Å². The number of carbonyl (C=O) groups is 1. The van der Waals surface area contributed by atoms with Gasteiger partial charge in [0.15, 0.2) is 0 Å². The number of benzene rings is 1. The Balaban J connectivity index is 2.73. The number of rotatable bonds is 6. The number of methoxy groups -OCH3 is 2. The van der Waals surface area contributed by atoms with Gasteiger partial charge in [0.25, 0.3) is 0 Å². The first-order chi connectivity index (χ1) is 8.62. The maximum absolute atomic E-state index is 11.1. The Kier molecular flexibility index (Phi) is 5.65. The molecule has 0 bridgehead atoms. The summed E-state index contributed by atoms with van der Waals surface area (Å²) in [6, 6.07) is 5.76. The molecule has 0 heterocycles. The molecule has 0 amide bonds. The molecule has 0 saturated carbocycles. The number of ether oxygens (including phenoxy) is 2. The highest BCUT2D eigenvalue weighted by Crippen LogP contribution is 2.24. The molecular formula is C14H21NO3. The lowest BCUT2D eigenvalue weighted by atomic mass is 9.99. The summed E-state index contributed by atoms with van der Waals surface area (Å²) < 4.78 is 9.88. The van der Waals surface area contributed by atoms with Crippen molar-refractivity contribution < 1.29 is 14.3 Å². The summed E-state index contributed by atoms with van der Waals surface area (Å²) in [5, 5.41) is 0. The van der Waals surface area contributed by atoms with Crippen LogP contribution < -0.4 is 10.5 Å². The zero-order chi connectivity index (χ0) is 13.5. The molecule has 4 heteroatoms. The van der Waals surface area contributed by atoms with Gasteiger partial charge in [-0.2, -0.15) is 0 Å². The zero-order valence-corrected chi connectivity index (χ0v) is 11.2. The number of hydrogen-bond donors (Lipinski definition) is 1. The van der Waals surface area contributed by atoms with E-state index in [1.165, 1.54) is 7.11 Å². The van der Waals surface area contributed by atoms with Crippen LogP contribution in [0.4, 0.5) is 0 Å². The second-order valence-electron chi connectivity index (χ2n) is 4.15. The van der Waals surface area contributed by atoms with E-state index in [1.54, 1.807) is 7.11 Å². The van der Waals surface area contributed by atoms with E-state index in [4.69, 9.17) is 10.5 Å². The summed E-state index contributed by atoms with van der Waals surface area (Å²) in [6.07, 6.45) is 1.81. The predicted octanol–water partition coefficient (Wildman–Crippen LogP) is 2.21. The van der Waals surface area contributed by atoms with E-state index < -0.39 is 0 Å². The smallest absolute Gasteiger partial charge is 0.305 e. The van der Waals surface area contributed by atoms with Crippen LogP contribution in [0, 0.1) is 0 Å². The third kappa shape index (κ3) is 3.74. The van der Waals surface area contributed by atoms with Gasteiger partial charge < -0.3 is 15.2 Å². The molecule has 0 fully saturated rings. The summed E-state index contributed by atoms with van der Waals surface area (Å²) >= 11 is 0. The van der Waals surface area contributed by atoms with Gasteiger partial charge in [0.2, 0.25) is 0 Å². The Morgan fingerprint density at radius 3 is 2.67 bits per heavy atom. The van der Waals surface area contributed by atoms with Gasteiger partial charge in [-0.05, 0) is 30.0 Å². The van der Waals surface area contributed by atoms with E-state index in [9.17, 15) is 4.79 Å². The van der Waals surface area contributed by atoms with E-state index in [0.29, 0.717) is 12.8 Å². The molecule has 0 aliphatic carbocycles. The number of nitrogens with two attached hydrogens (primary N) is 1. The van der Waals surface area contributed by atoms with Crippen LogP contribution in [0.25, 0.3) is 0 Å². The highest BCUT2D eigenvalue weighted by molar-refractivity contribution is 5.69. The van der Waals surface area contributed by atoms with E-state index in [1.807, 2.05) is 18.2 Å². The van der Waals surface area contributed by atoms with Crippen molar-refractivity contribution in [1.29, 1.82) is 0 Å². The molecule has 0 spiro atoms. The second-order valence-corrected chi connectivity index (χ2v) is 4.15. The van der Waals surface area contributed by atoms with Crippen LogP contribution >= 0.6 is 0 Å². The largest absolute Gasteiger partial charge is 0.496 e. The van der Waals surface area contributed by atoms with Gasteiger partial charge in [0.05, 0.1) is 14.2 Å². The Morgan fingerprint density at radius 2 is 2.11 bits per heavy atom. The summed E-state index contributed by atoms with van der Waals surface area (Å²) in [6.45, 7) is 2.07. The fourth-order valence-corrected chi connectivity index (χ4v) is 1.85. The fourth-order valence-electron chi connectivity index (χ4n) is 1.85. The highest BCUT2D eigenvalue weighted by atomic mass is 16.5. The quantitative estimate of drug-likeness (QED) is 0.787. The molecule has 1 aromatic rings. The summed E-state index contributed by atoms with van der Waals surface area (Å²) in [7, 11) is 3.04. The third-order valence-electron chi connectivity index (χ3n) is 3.00. The molecule has 4 nitrogen and oxygen atoms in total. The van der Waals surface area contributed by atoms with Crippen LogP contribution in [0.2, 0.25) is 0 Å². The average Bonchev–Trinajstić information content (AvgIpc) is 2.43. The van der Waals surface area contributed by atoms with Crippen molar-refractivity contribution in [1.82, 2.24) is 0 Å². The molecule has 100 valence electrons. The van der Waals surface area contributed by atoms with Crippen molar-refractivity contribution >= 4 is 5.97 Å². The standard InChI is InChI=1S/C14H21NO3/c1-4-10-9-11(5-7-13(10)17-2)12(15)6-8-14(16)18-3/h5,7,9,12H,4,6,8,15H2,1-3H3. The van der Waals surface area contributed by atoms with Crippen LogP contribution in [0.15, 0.2) is 18.2 Å². The third-order valence-corrected chi connectivity index (χ3v) is 3.00. The van der Waals surface area contributed by atoms with Crippen molar-refractivity contribution in [3.05, 3.63) is 29.3 Å². The Bertz CT molecular complexity index is 404. The molecule has 1 aromatic carbocycles. The number of hydrogen-bond acceptors (Lipinski definition) is 4. The van der Waals surface area contributed by atoms with Gasteiger partial charge >= 0.3 is 5.97 Å². The van der Waals surface area contributed by atoms with Gasteiger partial charge in [-0.25, -0.2) is 0 Å². The molecule has 0 aliphatic heterocycles. The SMILES string of the molecule is CCc1cc(C(N)CCC(=O)OC)ccc1OC. The van der Waals surface area contributed by atoms with Crippen LogP contribution in [0.5, 0.6) is 5.75 Å². The van der Waals surface area contributed by atoms with Gasteiger partial charge in [0.1, 0.15) is 5.75 Å². The first kappa shape index (κ1) is 14.5. The minimum absolute atomic E-state index is 0.152. The summed E-state index contributed by atoms with van der Waals surface area (Å²) in [5.74, 6) is 0.649. The maximum Gasteiger partial charge on any atom is 0.305 e. The molecule has 0 aromatic heterocycles. The highest BCUT2D eigenvalue weighted by Gasteiger charge is 2.11. The van der Waals surface area contributed by atoms with E-state index in [-0.39, 0.29) is 12.0 Å². The molecule has 2 N–H and O–H groups in total. The fraction of sp³-hybridized carbons (Fsp3) is 0.500. The Hall–Kier alpha value is -1.55. The normalized spacial score (nSPS) is 12.0. The minimum Gasteiger partial charge on any atom is -0.496 e. The molecule has 1 atom stereocenters. The minimum atomic E-state index is -0.227. The molecule has 0 aliphatic rings. The lowest BCUT2D eigenvalue weighted by molar-refractivity contribution is -0.140. The molecule has 18 heavy (non-hydrogen) atoms. The van der Waals surface area contributed by atoms with Crippen molar-refractivity contribution in [3.63, 3.8) is 0 Å². The summed E-state index contributed by atoms with van der Waals surface area (Å²) in [4.78, 5) is 11.1. The molecule has 1 rings (SSSR count). The lowest BCUT2D eigenvalue weighted by Gasteiger charge is -2.14. The first-order valence-electron chi connectivity index (χ1n) is 6.11. The molecule has 0 radical (unpaired) electrons. The van der Waals surface area contributed by atoms with Gasteiger partial charge in [-0.1, -0.05) is 19.1 Å². The zero-order valence-electron chi connectivity index (χ0n) is 11.2. The van der Waals surface area contributed by atoms with E-state index >= 15 is 0 Å². The predicted molar refractivity (Wildman–Crippen MR) is 70.6 cm³/mol. The molecule has 0 saturated heterocycles. The van der Waals surface area contributed by atoms with Gasteiger partial charge in [-0.3, -0.25) is 4.79 Å². The van der Waals surface area contributed by atoms with Crippen molar-refractivity contribution in [3.8, 4) is 5.75 Å². The molecular weight excluding hydrogens is 230 g/mol. The monoisotopic (exact) mass is 251 g/mol. The number of esters is 1. The average molecular weight is 251 g/mol. The van der Waals surface area contributed by atoms with Crippen molar-refractivity contribution in [2.45, 2.75) is 32.2 Å². The van der Waals surface area contributed by atoms with Crippen LogP contribution in [0.1, 0.15) is 36.9 Å². The van der Waals surface area contributed by atoms with Crippen LogP contribution in [-0.2, 0) is 16.0 Å². The Labute approximate surface area is 108 Å². The lowest BCUT2D eigenvalue weighted by Crippen LogP contribution is -2.13. The van der Waals surface area contributed by atoms with Crippen LogP contribution in [-0.4, -0.2) is 20.2 Å². The maximum atomic E-state index is 11.1. The summed E-state index contributed by atoms with van der Waals surface area (Å²) in [5.41, 5.74) is 8.22. The Morgan fingerprint density at radius 1 is 1.39 bits per heavy atom. The van der Waals surface area contributed by atoms with E-state index in [0.717, 1.165) is 23.3 Å². The van der Waals surface area contributed by atoms with Crippen LogP contribution in [0.3, 0.4) is 0 Å². The first-order valence-corrected chi connectivity index (χ1v) is 6.11. The molecule has 1 unspecified atom stereocenters.